The number of carboxylic acids is 1. The fourth-order valence-electron chi connectivity index (χ4n) is 1.75. The number of hydrogen-bond acceptors (Lipinski definition) is 3. The molecule has 0 spiro atoms. The summed E-state index contributed by atoms with van der Waals surface area (Å²) in [5.74, 6) is -1.62. The summed E-state index contributed by atoms with van der Waals surface area (Å²) < 4.78 is 0. The van der Waals surface area contributed by atoms with Gasteiger partial charge in [0.05, 0.1) is 16.3 Å². The molecule has 96 valence electrons. The second-order valence-electron chi connectivity index (χ2n) is 3.88. The van der Waals surface area contributed by atoms with Crippen molar-refractivity contribution in [2.75, 3.05) is 5.73 Å². The Morgan fingerprint density at radius 1 is 0.947 bits per heavy atom. The Bertz CT molecular complexity index is 667. The van der Waals surface area contributed by atoms with Gasteiger partial charge in [-0.15, -0.1) is 0 Å². The summed E-state index contributed by atoms with van der Waals surface area (Å²) in [6, 6.07) is 10.7. The standard InChI is InChI=1S/C14H10ClNO3/c15-11-7-3-6-10(12(11)16)13(17)8-4-1-2-5-9(8)14(18)19/h1-7H,16H2,(H,18,19). The lowest BCUT2D eigenvalue weighted by Gasteiger charge is -2.08. The smallest absolute Gasteiger partial charge is 0.336 e. The lowest BCUT2D eigenvalue weighted by atomic mass is 9.97. The maximum atomic E-state index is 12.3. The largest absolute Gasteiger partial charge is 0.478 e. The van der Waals surface area contributed by atoms with E-state index < -0.39 is 11.8 Å². The highest BCUT2D eigenvalue weighted by molar-refractivity contribution is 6.34. The zero-order valence-electron chi connectivity index (χ0n) is 9.76. The van der Waals surface area contributed by atoms with Crippen LogP contribution in [0.1, 0.15) is 26.3 Å². The van der Waals surface area contributed by atoms with E-state index in [-0.39, 0.29) is 27.4 Å². The number of carbonyl (C=O) groups excluding carboxylic acids is 1. The van der Waals surface area contributed by atoms with Gasteiger partial charge in [0.2, 0.25) is 0 Å². The highest BCUT2D eigenvalue weighted by atomic mass is 35.5. The maximum Gasteiger partial charge on any atom is 0.336 e. The third-order valence-corrected chi connectivity index (χ3v) is 3.03. The van der Waals surface area contributed by atoms with E-state index in [1.54, 1.807) is 24.3 Å². The molecular weight excluding hydrogens is 266 g/mol. The third-order valence-electron chi connectivity index (χ3n) is 2.70. The van der Waals surface area contributed by atoms with E-state index in [4.69, 9.17) is 22.4 Å². The van der Waals surface area contributed by atoms with E-state index in [0.29, 0.717) is 0 Å². The van der Waals surface area contributed by atoms with Crippen molar-refractivity contribution in [1.29, 1.82) is 0 Å². The predicted octanol–water partition coefficient (Wildman–Crippen LogP) is 2.85. The first-order valence-corrected chi connectivity index (χ1v) is 5.81. The summed E-state index contributed by atoms with van der Waals surface area (Å²) in [5, 5.41) is 9.34. The number of nitrogens with two attached hydrogens (primary N) is 1. The Morgan fingerprint density at radius 2 is 1.53 bits per heavy atom. The molecular formula is C14H10ClNO3. The summed E-state index contributed by atoms with van der Waals surface area (Å²) in [4.78, 5) is 23.4. The van der Waals surface area contributed by atoms with Crippen LogP contribution in [0.2, 0.25) is 5.02 Å². The Labute approximate surface area is 114 Å². The topological polar surface area (TPSA) is 80.4 Å². The minimum Gasteiger partial charge on any atom is -0.478 e. The monoisotopic (exact) mass is 275 g/mol. The lowest BCUT2D eigenvalue weighted by molar-refractivity contribution is 0.0693. The highest BCUT2D eigenvalue weighted by Crippen LogP contribution is 2.25. The molecule has 0 fully saturated rings. The second kappa shape index (κ2) is 5.12. The summed E-state index contributed by atoms with van der Waals surface area (Å²) in [6.45, 7) is 0. The molecule has 0 aliphatic heterocycles. The van der Waals surface area contributed by atoms with Gasteiger partial charge in [-0.1, -0.05) is 35.9 Å². The molecule has 4 nitrogen and oxygen atoms in total. The quantitative estimate of drug-likeness (QED) is 0.667. The molecule has 0 atom stereocenters. The average Bonchev–Trinajstić information content (AvgIpc) is 2.41. The molecule has 3 N–H and O–H groups in total. The first-order valence-electron chi connectivity index (χ1n) is 5.43. The van der Waals surface area contributed by atoms with Crippen molar-refractivity contribution in [3.63, 3.8) is 0 Å². The third kappa shape index (κ3) is 2.44. The number of aromatic carboxylic acids is 1. The van der Waals surface area contributed by atoms with Gasteiger partial charge in [-0.25, -0.2) is 4.79 Å². The van der Waals surface area contributed by atoms with Gasteiger partial charge in [-0.2, -0.15) is 0 Å². The summed E-state index contributed by atoms with van der Waals surface area (Å²) in [5.41, 5.74) is 6.11. The van der Waals surface area contributed by atoms with E-state index in [0.717, 1.165) is 0 Å². The average molecular weight is 276 g/mol. The molecule has 2 aromatic carbocycles. The fourth-order valence-corrected chi connectivity index (χ4v) is 1.92. The van der Waals surface area contributed by atoms with Crippen LogP contribution in [0, 0.1) is 0 Å². The number of hydrogen-bond donors (Lipinski definition) is 2. The van der Waals surface area contributed by atoms with Crippen molar-refractivity contribution in [3.8, 4) is 0 Å². The van der Waals surface area contributed by atoms with Crippen LogP contribution < -0.4 is 5.73 Å². The number of ketones is 1. The Balaban J connectivity index is 2.57. The number of benzene rings is 2. The molecule has 0 aliphatic carbocycles. The van der Waals surface area contributed by atoms with Gasteiger partial charge in [0.15, 0.2) is 5.78 Å². The van der Waals surface area contributed by atoms with Crippen LogP contribution in [0.4, 0.5) is 5.69 Å². The van der Waals surface area contributed by atoms with Gasteiger partial charge < -0.3 is 10.8 Å². The molecule has 0 amide bonds. The van der Waals surface area contributed by atoms with Gasteiger partial charge in [0.25, 0.3) is 0 Å². The minimum atomic E-state index is -1.16. The predicted molar refractivity (Wildman–Crippen MR) is 72.7 cm³/mol. The Kier molecular flexibility index (Phi) is 3.53. The molecule has 0 aliphatic rings. The van der Waals surface area contributed by atoms with Gasteiger partial charge in [0, 0.05) is 11.1 Å². The van der Waals surface area contributed by atoms with Crippen LogP contribution in [0.5, 0.6) is 0 Å². The second-order valence-corrected chi connectivity index (χ2v) is 4.29. The number of nitrogen functional groups attached to an aromatic ring is 1. The van der Waals surface area contributed by atoms with Gasteiger partial charge in [-0.3, -0.25) is 4.79 Å². The molecule has 0 radical (unpaired) electrons. The highest BCUT2D eigenvalue weighted by Gasteiger charge is 2.19. The Morgan fingerprint density at radius 3 is 2.16 bits per heavy atom. The molecule has 19 heavy (non-hydrogen) atoms. The maximum absolute atomic E-state index is 12.3. The minimum absolute atomic E-state index is 0.0631. The molecule has 2 rings (SSSR count). The molecule has 5 heteroatoms. The Hall–Kier alpha value is -2.33. The summed E-state index contributed by atoms with van der Waals surface area (Å²) in [7, 11) is 0. The van der Waals surface area contributed by atoms with Crippen molar-refractivity contribution >= 4 is 29.0 Å². The van der Waals surface area contributed by atoms with Crippen LogP contribution in [-0.4, -0.2) is 16.9 Å². The van der Waals surface area contributed by atoms with Gasteiger partial charge in [0.1, 0.15) is 0 Å². The van der Waals surface area contributed by atoms with Gasteiger partial charge >= 0.3 is 5.97 Å². The van der Waals surface area contributed by atoms with Crippen LogP contribution >= 0.6 is 11.6 Å². The lowest BCUT2D eigenvalue weighted by Crippen LogP contribution is -2.11. The zero-order valence-corrected chi connectivity index (χ0v) is 10.5. The molecule has 0 saturated carbocycles. The number of carboxylic acid groups (broad SMARTS) is 1. The van der Waals surface area contributed by atoms with Crippen LogP contribution in [0.15, 0.2) is 42.5 Å². The normalized spacial score (nSPS) is 10.2. The zero-order chi connectivity index (χ0) is 14.0. The van der Waals surface area contributed by atoms with Crippen LogP contribution in [0.3, 0.4) is 0 Å². The van der Waals surface area contributed by atoms with Gasteiger partial charge in [-0.05, 0) is 18.2 Å². The molecule has 2 aromatic rings. The van der Waals surface area contributed by atoms with Crippen molar-refractivity contribution in [2.24, 2.45) is 0 Å². The first-order chi connectivity index (χ1) is 9.02. The molecule has 0 heterocycles. The summed E-state index contributed by atoms with van der Waals surface area (Å²) >= 11 is 5.85. The van der Waals surface area contributed by atoms with Crippen LogP contribution in [0.25, 0.3) is 0 Å². The number of rotatable bonds is 3. The number of para-hydroxylation sites is 1. The summed E-state index contributed by atoms with van der Waals surface area (Å²) in [6.07, 6.45) is 0. The van der Waals surface area contributed by atoms with Crippen molar-refractivity contribution < 1.29 is 14.7 Å². The first kappa shape index (κ1) is 13.1. The molecule has 0 saturated heterocycles. The van der Waals surface area contributed by atoms with E-state index >= 15 is 0 Å². The number of anilines is 1. The molecule has 0 aromatic heterocycles. The van der Waals surface area contributed by atoms with Crippen LogP contribution in [-0.2, 0) is 0 Å². The SMILES string of the molecule is Nc1c(Cl)cccc1C(=O)c1ccccc1C(=O)O. The molecule has 0 unspecified atom stereocenters. The van der Waals surface area contributed by atoms with E-state index in [2.05, 4.69) is 0 Å². The van der Waals surface area contributed by atoms with E-state index in [1.807, 2.05) is 0 Å². The number of halogens is 1. The van der Waals surface area contributed by atoms with E-state index in [9.17, 15) is 9.59 Å². The van der Waals surface area contributed by atoms with Crippen molar-refractivity contribution in [2.45, 2.75) is 0 Å². The van der Waals surface area contributed by atoms with Crippen molar-refractivity contribution in [3.05, 3.63) is 64.2 Å². The number of carbonyl (C=O) groups is 2. The fraction of sp³-hybridized carbons (Fsp3) is 0. The van der Waals surface area contributed by atoms with E-state index in [1.165, 1.54) is 18.2 Å². The van der Waals surface area contributed by atoms with Crippen molar-refractivity contribution in [1.82, 2.24) is 0 Å². The molecule has 0 bridgehead atoms.